The maximum atomic E-state index is 14.2. The molecule has 2 saturated heterocycles. The van der Waals surface area contributed by atoms with Crippen LogP contribution in [0.25, 0.3) is 0 Å². The number of amides is 4. The first-order valence-corrected chi connectivity index (χ1v) is 9.30. The zero-order valence-electron chi connectivity index (χ0n) is 15.1. The number of nitrogens with zero attached hydrogens (tertiary/aromatic N) is 2. The van der Waals surface area contributed by atoms with Gasteiger partial charge in [0.25, 0.3) is 5.91 Å². The summed E-state index contributed by atoms with van der Waals surface area (Å²) in [5, 5.41) is 11.1. The van der Waals surface area contributed by atoms with Gasteiger partial charge >= 0.3 is 6.03 Å². The van der Waals surface area contributed by atoms with Crippen LogP contribution in [0, 0.1) is 11.7 Å². The van der Waals surface area contributed by atoms with Gasteiger partial charge in [-0.2, -0.15) is 0 Å². The number of carbonyl (C=O) groups is 3. The maximum absolute atomic E-state index is 14.2. The molecule has 8 heteroatoms. The molecule has 2 N–H and O–H groups in total. The molecule has 146 valence electrons. The standard InChI is InChI=1S/C19H24FN3O4/c20-15-4-3-14(12-16(15)23-10-7-17(25)21-19(23)27)18(26)22-8-5-13(6-9-22)2-1-11-24/h3-4,12-13,24H,1-2,5-11H2,(H,21,25,27). The highest BCUT2D eigenvalue weighted by molar-refractivity contribution is 6.06. The molecule has 2 fully saturated rings. The van der Waals surface area contributed by atoms with Crippen molar-refractivity contribution in [3.05, 3.63) is 29.6 Å². The summed E-state index contributed by atoms with van der Waals surface area (Å²) in [6.45, 7) is 1.52. The molecule has 1 aromatic carbocycles. The minimum atomic E-state index is -0.681. The van der Waals surface area contributed by atoms with Crippen LogP contribution in [0.5, 0.6) is 0 Å². The SMILES string of the molecule is O=C1CCN(c2cc(C(=O)N3CCC(CCCO)CC3)ccc2F)C(=O)N1. The third-order valence-electron chi connectivity index (χ3n) is 5.21. The van der Waals surface area contributed by atoms with Crippen LogP contribution in [-0.2, 0) is 4.79 Å². The first-order chi connectivity index (χ1) is 13.0. The van der Waals surface area contributed by atoms with Crippen LogP contribution in [-0.4, -0.2) is 54.1 Å². The van der Waals surface area contributed by atoms with Crippen molar-refractivity contribution in [2.24, 2.45) is 5.92 Å². The molecule has 2 aliphatic heterocycles. The maximum Gasteiger partial charge on any atom is 0.328 e. The molecule has 3 rings (SSSR count). The van der Waals surface area contributed by atoms with Crippen LogP contribution in [0.15, 0.2) is 18.2 Å². The van der Waals surface area contributed by atoms with E-state index >= 15 is 0 Å². The molecular formula is C19H24FN3O4. The third kappa shape index (κ3) is 4.44. The first kappa shape index (κ1) is 19.3. The Balaban J connectivity index is 1.69. The lowest BCUT2D eigenvalue weighted by Gasteiger charge is -2.32. The number of hydrogen-bond donors (Lipinski definition) is 2. The number of rotatable bonds is 5. The minimum Gasteiger partial charge on any atom is -0.396 e. The topological polar surface area (TPSA) is 90.0 Å². The van der Waals surface area contributed by atoms with Gasteiger partial charge in [-0.1, -0.05) is 0 Å². The summed E-state index contributed by atoms with van der Waals surface area (Å²) in [6, 6.07) is 3.30. The van der Waals surface area contributed by atoms with E-state index in [1.54, 1.807) is 4.90 Å². The van der Waals surface area contributed by atoms with Crippen LogP contribution < -0.4 is 10.2 Å². The Hall–Kier alpha value is -2.48. The highest BCUT2D eigenvalue weighted by Crippen LogP contribution is 2.26. The van der Waals surface area contributed by atoms with E-state index < -0.39 is 17.8 Å². The van der Waals surface area contributed by atoms with Crippen molar-refractivity contribution in [1.29, 1.82) is 0 Å². The molecular weight excluding hydrogens is 353 g/mol. The molecule has 0 saturated carbocycles. The van der Waals surface area contributed by atoms with E-state index in [1.807, 2.05) is 0 Å². The van der Waals surface area contributed by atoms with Crippen LogP contribution in [0.1, 0.15) is 42.5 Å². The number of aliphatic hydroxyl groups is 1. The molecule has 0 aliphatic carbocycles. The molecule has 0 atom stereocenters. The number of hydrogen-bond acceptors (Lipinski definition) is 4. The number of piperidine rings is 1. The number of halogens is 1. The van der Waals surface area contributed by atoms with E-state index in [0.717, 1.165) is 30.6 Å². The van der Waals surface area contributed by atoms with Crippen LogP contribution in [0.3, 0.4) is 0 Å². The van der Waals surface area contributed by atoms with Gasteiger partial charge in [0.1, 0.15) is 5.82 Å². The summed E-state index contributed by atoms with van der Waals surface area (Å²) >= 11 is 0. The number of likely N-dealkylation sites (tertiary alicyclic amines) is 1. The molecule has 7 nitrogen and oxygen atoms in total. The van der Waals surface area contributed by atoms with Crippen LogP contribution in [0.4, 0.5) is 14.9 Å². The monoisotopic (exact) mass is 377 g/mol. The summed E-state index contributed by atoms with van der Waals surface area (Å²) in [6.07, 6.45) is 3.60. The highest BCUT2D eigenvalue weighted by atomic mass is 19.1. The van der Waals surface area contributed by atoms with Gasteiger partial charge in [0.2, 0.25) is 5.91 Å². The number of nitrogens with one attached hydrogen (secondary N) is 1. The van der Waals surface area contributed by atoms with Gasteiger partial charge in [-0.3, -0.25) is 19.8 Å². The first-order valence-electron chi connectivity index (χ1n) is 9.30. The molecule has 2 aliphatic rings. The molecule has 4 amide bonds. The van der Waals surface area contributed by atoms with E-state index in [4.69, 9.17) is 5.11 Å². The van der Waals surface area contributed by atoms with Gasteiger partial charge in [-0.25, -0.2) is 9.18 Å². The van der Waals surface area contributed by atoms with E-state index in [0.29, 0.717) is 24.6 Å². The summed E-state index contributed by atoms with van der Waals surface area (Å²) in [5.41, 5.74) is 0.327. The lowest BCUT2D eigenvalue weighted by Crippen LogP contribution is -2.50. The third-order valence-corrected chi connectivity index (χ3v) is 5.21. The normalized spacial score (nSPS) is 18.6. The average molecular weight is 377 g/mol. The number of benzene rings is 1. The van der Waals surface area contributed by atoms with Crippen LogP contribution >= 0.6 is 0 Å². The Bertz CT molecular complexity index is 732. The second-order valence-corrected chi connectivity index (χ2v) is 7.02. The summed E-state index contributed by atoms with van der Waals surface area (Å²) in [5.74, 6) is -0.684. The molecule has 1 aromatic rings. The molecule has 2 heterocycles. The van der Waals surface area contributed by atoms with E-state index in [9.17, 15) is 18.8 Å². The number of imide groups is 1. The van der Waals surface area contributed by atoms with Crippen molar-refractivity contribution in [3.63, 3.8) is 0 Å². The molecule has 0 radical (unpaired) electrons. The fraction of sp³-hybridized carbons (Fsp3) is 0.526. The van der Waals surface area contributed by atoms with Crippen molar-refractivity contribution >= 4 is 23.5 Å². The smallest absolute Gasteiger partial charge is 0.328 e. The molecule has 0 unspecified atom stereocenters. The Morgan fingerprint density at radius 2 is 1.96 bits per heavy atom. The predicted molar refractivity (Wildman–Crippen MR) is 96.8 cm³/mol. The Labute approximate surface area is 157 Å². The largest absolute Gasteiger partial charge is 0.396 e. The second kappa shape index (κ2) is 8.47. The molecule has 0 aromatic heterocycles. The average Bonchev–Trinajstić information content (AvgIpc) is 2.67. The minimum absolute atomic E-state index is 0.00341. The van der Waals surface area contributed by atoms with E-state index in [2.05, 4.69) is 5.32 Å². The van der Waals surface area contributed by atoms with Gasteiger partial charge in [0, 0.05) is 38.2 Å². The van der Waals surface area contributed by atoms with Crippen LogP contribution in [0.2, 0.25) is 0 Å². The van der Waals surface area contributed by atoms with Crippen molar-refractivity contribution in [1.82, 2.24) is 10.2 Å². The van der Waals surface area contributed by atoms with Crippen molar-refractivity contribution < 1.29 is 23.9 Å². The zero-order chi connectivity index (χ0) is 19.4. The Morgan fingerprint density at radius 1 is 1.22 bits per heavy atom. The Kier molecular flexibility index (Phi) is 6.05. The predicted octanol–water partition coefficient (Wildman–Crippen LogP) is 1.90. The van der Waals surface area contributed by atoms with Crippen molar-refractivity contribution in [2.75, 3.05) is 31.1 Å². The van der Waals surface area contributed by atoms with E-state index in [-0.39, 0.29) is 31.2 Å². The van der Waals surface area contributed by atoms with Gasteiger partial charge < -0.3 is 10.0 Å². The summed E-state index contributed by atoms with van der Waals surface area (Å²) in [7, 11) is 0. The fourth-order valence-electron chi connectivity index (χ4n) is 3.63. The van der Waals surface area contributed by atoms with Gasteiger partial charge in [0.05, 0.1) is 5.69 Å². The van der Waals surface area contributed by atoms with Gasteiger partial charge in [-0.05, 0) is 49.8 Å². The lowest BCUT2D eigenvalue weighted by molar-refractivity contribution is -0.120. The van der Waals surface area contributed by atoms with Gasteiger partial charge in [-0.15, -0.1) is 0 Å². The number of aliphatic hydroxyl groups excluding tert-OH is 1. The Morgan fingerprint density at radius 3 is 2.63 bits per heavy atom. The van der Waals surface area contributed by atoms with Crippen molar-refractivity contribution in [3.8, 4) is 0 Å². The lowest BCUT2D eigenvalue weighted by atomic mass is 9.92. The van der Waals surface area contributed by atoms with Crippen molar-refractivity contribution in [2.45, 2.75) is 32.1 Å². The number of carbonyl (C=O) groups excluding carboxylic acids is 3. The second-order valence-electron chi connectivity index (χ2n) is 7.02. The highest BCUT2D eigenvalue weighted by Gasteiger charge is 2.28. The quantitative estimate of drug-likeness (QED) is 0.820. The fourth-order valence-corrected chi connectivity index (χ4v) is 3.63. The summed E-state index contributed by atoms with van der Waals surface area (Å²) in [4.78, 5) is 38.9. The van der Waals surface area contributed by atoms with Gasteiger partial charge in [0.15, 0.2) is 0 Å². The molecule has 0 bridgehead atoms. The summed E-state index contributed by atoms with van der Waals surface area (Å²) < 4.78 is 14.2. The molecule has 0 spiro atoms. The number of urea groups is 1. The van der Waals surface area contributed by atoms with E-state index in [1.165, 1.54) is 18.2 Å². The zero-order valence-corrected chi connectivity index (χ0v) is 15.1. The number of anilines is 1. The molecule has 27 heavy (non-hydrogen) atoms.